The van der Waals surface area contributed by atoms with Crippen LogP contribution in [0.3, 0.4) is 0 Å². The first-order valence-corrected chi connectivity index (χ1v) is 17.7. The van der Waals surface area contributed by atoms with Gasteiger partial charge in [-0.25, -0.2) is 4.99 Å². The van der Waals surface area contributed by atoms with E-state index in [0.29, 0.717) is 18.2 Å². The maximum atomic E-state index is 6.78. The normalized spacial score (nSPS) is 12.7. The third-order valence-corrected chi connectivity index (χ3v) is 10.8. The van der Waals surface area contributed by atoms with Crippen LogP contribution in [0.5, 0.6) is 0 Å². The first-order chi connectivity index (χ1) is 25.2. The molecule has 0 amide bonds. The van der Waals surface area contributed by atoms with Crippen LogP contribution in [0.25, 0.3) is 75.2 Å². The SMILES string of the molecule is NC(=NC(=NCc1ccc2c(c1)sc1c(-c3cccc4c3oc3ccccc34)cccc12)c1ccccc1)c1cccc2oc3ccccc3c12. The molecule has 0 spiro atoms. The molecule has 0 atom stereocenters. The van der Waals surface area contributed by atoms with Gasteiger partial charge >= 0.3 is 0 Å². The quantitative estimate of drug-likeness (QED) is 0.146. The third kappa shape index (κ3) is 4.91. The minimum Gasteiger partial charge on any atom is -0.456 e. The van der Waals surface area contributed by atoms with Crippen LogP contribution in [0, 0.1) is 0 Å². The lowest BCUT2D eigenvalue weighted by atomic mass is 10.00. The summed E-state index contributed by atoms with van der Waals surface area (Å²) < 4.78 is 15.0. The Kier molecular flexibility index (Phi) is 6.82. The monoisotopic (exact) mass is 675 g/mol. The molecule has 0 fully saturated rings. The summed E-state index contributed by atoms with van der Waals surface area (Å²) >= 11 is 1.81. The van der Waals surface area contributed by atoms with Crippen molar-refractivity contribution in [2.24, 2.45) is 15.7 Å². The van der Waals surface area contributed by atoms with Gasteiger partial charge in [0.05, 0.1) is 6.54 Å². The van der Waals surface area contributed by atoms with Gasteiger partial charge in [-0.05, 0) is 29.8 Å². The average molecular weight is 676 g/mol. The van der Waals surface area contributed by atoms with E-state index in [2.05, 4.69) is 72.8 Å². The average Bonchev–Trinajstić information content (AvgIpc) is 3.87. The fourth-order valence-corrected chi connectivity index (χ4v) is 8.51. The van der Waals surface area contributed by atoms with E-state index in [4.69, 9.17) is 24.6 Å². The maximum absolute atomic E-state index is 6.78. The van der Waals surface area contributed by atoms with Gasteiger partial charge in [-0.1, -0.05) is 127 Å². The van der Waals surface area contributed by atoms with Crippen LogP contribution in [0.4, 0.5) is 0 Å². The van der Waals surface area contributed by atoms with Gasteiger partial charge in [0.2, 0.25) is 0 Å². The Balaban J connectivity index is 1.05. The number of fused-ring (bicyclic) bond motifs is 9. The van der Waals surface area contributed by atoms with E-state index in [0.717, 1.165) is 66.1 Å². The summed E-state index contributed by atoms with van der Waals surface area (Å²) in [5, 5.41) is 6.69. The molecule has 0 unspecified atom stereocenters. The number of para-hydroxylation sites is 3. The van der Waals surface area contributed by atoms with Crippen molar-refractivity contribution in [1.29, 1.82) is 0 Å². The van der Waals surface area contributed by atoms with Crippen molar-refractivity contribution < 1.29 is 8.83 Å². The summed E-state index contributed by atoms with van der Waals surface area (Å²) in [4.78, 5) is 10.0. The Bertz CT molecular complexity index is 3020. The van der Waals surface area contributed by atoms with Gasteiger partial charge in [-0.15, -0.1) is 11.3 Å². The highest BCUT2D eigenvalue weighted by Crippen LogP contribution is 2.43. The molecule has 5 nitrogen and oxygen atoms in total. The molecule has 0 saturated heterocycles. The van der Waals surface area contributed by atoms with E-state index >= 15 is 0 Å². The number of nitrogens with two attached hydrogens (primary N) is 1. The lowest BCUT2D eigenvalue weighted by Crippen LogP contribution is -2.16. The van der Waals surface area contributed by atoms with Crippen molar-refractivity contribution in [2.75, 3.05) is 0 Å². The van der Waals surface area contributed by atoms with Crippen LogP contribution in [-0.2, 0) is 6.54 Å². The topological polar surface area (TPSA) is 77.0 Å². The van der Waals surface area contributed by atoms with Crippen LogP contribution < -0.4 is 5.73 Å². The highest BCUT2D eigenvalue weighted by atomic mass is 32.1. The van der Waals surface area contributed by atoms with Crippen LogP contribution in [0.1, 0.15) is 16.7 Å². The van der Waals surface area contributed by atoms with Gasteiger partial charge in [0.25, 0.3) is 0 Å². The molecular formula is C45H29N3O2S. The number of aliphatic imine (C=N–C) groups is 2. The van der Waals surface area contributed by atoms with E-state index in [1.165, 1.54) is 25.7 Å². The van der Waals surface area contributed by atoms with E-state index < -0.39 is 0 Å². The fraction of sp³-hybridized carbons (Fsp3) is 0.0222. The summed E-state index contributed by atoms with van der Waals surface area (Å²) in [6.45, 7) is 0.454. The predicted octanol–water partition coefficient (Wildman–Crippen LogP) is 11.9. The molecule has 0 aliphatic carbocycles. The summed E-state index contributed by atoms with van der Waals surface area (Å²) in [5.74, 6) is 0.970. The van der Waals surface area contributed by atoms with E-state index in [9.17, 15) is 0 Å². The number of amidine groups is 2. The molecule has 0 bridgehead atoms. The van der Waals surface area contributed by atoms with Crippen molar-refractivity contribution in [3.05, 3.63) is 168 Å². The molecule has 0 aliphatic rings. The summed E-state index contributed by atoms with van der Waals surface area (Å²) in [5.41, 5.74) is 15.3. The van der Waals surface area contributed by atoms with E-state index in [1.807, 2.05) is 90.2 Å². The van der Waals surface area contributed by atoms with Crippen molar-refractivity contribution in [3.8, 4) is 11.1 Å². The number of thiophene rings is 1. The zero-order chi connectivity index (χ0) is 33.9. The Morgan fingerprint density at radius 2 is 1.25 bits per heavy atom. The number of nitrogens with zero attached hydrogens (tertiary/aromatic N) is 2. The molecule has 10 rings (SSSR count). The second-order valence-corrected chi connectivity index (χ2v) is 13.7. The van der Waals surface area contributed by atoms with Crippen LogP contribution in [0.15, 0.2) is 170 Å². The van der Waals surface area contributed by atoms with Crippen molar-refractivity contribution in [2.45, 2.75) is 6.54 Å². The van der Waals surface area contributed by atoms with Crippen LogP contribution in [0.2, 0.25) is 0 Å². The molecule has 3 aromatic heterocycles. The number of benzene rings is 7. The minimum absolute atomic E-state index is 0.390. The van der Waals surface area contributed by atoms with E-state index in [-0.39, 0.29) is 0 Å². The highest BCUT2D eigenvalue weighted by Gasteiger charge is 2.17. The summed E-state index contributed by atoms with van der Waals surface area (Å²) in [6, 6.07) is 51.8. The second-order valence-electron chi connectivity index (χ2n) is 12.7. The summed E-state index contributed by atoms with van der Waals surface area (Å²) in [7, 11) is 0. The fourth-order valence-electron chi connectivity index (χ4n) is 7.22. The maximum Gasteiger partial charge on any atom is 0.157 e. The number of hydrogen-bond acceptors (Lipinski definition) is 4. The molecule has 242 valence electrons. The first kappa shape index (κ1) is 29.4. The van der Waals surface area contributed by atoms with Crippen molar-refractivity contribution >= 4 is 87.1 Å². The molecule has 51 heavy (non-hydrogen) atoms. The standard InChI is InChI=1S/C45H29N3O2S/c46-44(36-19-10-22-39-41(36)35-14-5-7-21-38(35)49-39)48-45(28-11-2-1-3-12-28)47-26-27-23-24-30-33-17-9-18-34(43(33)51-40(30)25-27)32-16-8-15-31-29-13-4-6-20-37(29)50-42(31)32/h1-25H,26H2,(H2,46,47,48). The molecule has 7 aromatic carbocycles. The zero-order valence-electron chi connectivity index (χ0n) is 27.3. The number of hydrogen-bond donors (Lipinski definition) is 1. The van der Waals surface area contributed by atoms with Gasteiger partial charge in [0, 0.05) is 64.0 Å². The Morgan fingerprint density at radius 3 is 2.12 bits per heavy atom. The zero-order valence-corrected chi connectivity index (χ0v) is 28.2. The molecule has 10 aromatic rings. The Labute approximate surface area is 296 Å². The van der Waals surface area contributed by atoms with Gasteiger partial charge in [0.15, 0.2) is 5.84 Å². The van der Waals surface area contributed by atoms with Gasteiger partial charge in [-0.3, -0.25) is 4.99 Å². The Morgan fingerprint density at radius 1 is 0.569 bits per heavy atom. The lowest BCUT2D eigenvalue weighted by molar-refractivity contribution is 0.669. The largest absolute Gasteiger partial charge is 0.456 e. The predicted molar refractivity (Wildman–Crippen MR) is 213 cm³/mol. The van der Waals surface area contributed by atoms with Crippen LogP contribution in [-0.4, -0.2) is 11.7 Å². The molecular weight excluding hydrogens is 647 g/mol. The molecule has 0 radical (unpaired) electrons. The van der Waals surface area contributed by atoms with Crippen molar-refractivity contribution in [1.82, 2.24) is 0 Å². The van der Waals surface area contributed by atoms with Gasteiger partial charge < -0.3 is 14.6 Å². The highest BCUT2D eigenvalue weighted by molar-refractivity contribution is 7.26. The summed E-state index contributed by atoms with van der Waals surface area (Å²) in [6.07, 6.45) is 0. The molecule has 6 heteroatoms. The minimum atomic E-state index is 0.390. The van der Waals surface area contributed by atoms with Gasteiger partial charge in [-0.2, -0.15) is 0 Å². The molecule has 0 saturated carbocycles. The Hall–Kier alpha value is -6.50. The third-order valence-electron chi connectivity index (χ3n) is 9.61. The number of furan rings is 2. The molecule has 0 aliphatic heterocycles. The molecule has 2 N–H and O–H groups in total. The first-order valence-electron chi connectivity index (χ1n) is 16.9. The molecule has 3 heterocycles. The van der Waals surface area contributed by atoms with E-state index in [1.54, 1.807) is 0 Å². The smallest absolute Gasteiger partial charge is 0.157 e. The van der Waals surface area contributed by atoms with Crippen LogP contribution >= 0.6 is 11.3 Å². The number of rotatable bonds is 5. The van der Waals surface area contributed by atoms with Gasteiger partial charge in [0.1, 0.15) is 28.2 Å². The lowest BCUT2D eigenvalue weighted by Gasteiger charge is -2.07. The second kappa shape index (κ2) is 11.8. The van der Waals surface area contributed by atoms with Crippen molar-refractivity contribution in [3.63, 3.8) is 0 Å².